The first-order valence-electron chi connectivity index (χ1n) is 9.18. The largest absolute Gasteiger partial charge is 0.451 e. The zero-order valence-electron chi connectivity index (χ0n) is 15.0. The van der Waals surface area contributed by atoms with Gasteiger partial charge in [0.15, 0.2) is 16.4 Å². The molecule has 2 aliphatic rings. The summed E-state index contributed by atoms with van der Waals surface area (Å²) in [7, 11) is -3.06. The van der Waals surface area contributed by atoms with E-state index in [1.807, 2.05) is 6.07 Å². The van der Waals surface area contributed by atoms with Gasteiger partial charge in [-0.25, -0.2) is 13.2 Å². The van der Waals surface area contributed by atoms with Gasteiger partial charge in [-0.3, -0.25) is 4.79 Å². The lowest BCUT2D eigenvalue weighted by Crippen LogP contribution is -2.43. The van der Waals surface area contributed by atoms with E-state index in [0.717, 1.165) is 25.7 Å². The van der Waals surface area contributed by atoms with Gasteiger partial charge in [-0.15, -0.1) is 11.3 Å². The smallest absolute Gasteiger partial charge is 0.348 e. The summed E-state index contributed by atoms with van der Waals surface area (Å²) in [5.74, 6) is -0.687. The van der Waals surface area contributed by atoms with Crippen LogP contribution in [0, 0.1) is 0 Å². The summed E-state index contributed by atoms with van der Waals surface area (Å²) < 4.78 is 28.5. The highest BCUT2D eigenvalue weighted by Crippen LogP contribution is 2.29. The average Bonchev–Trinajstić information content (AvgIpc) is 3.09. The van der Waals surface area contributed by atoms with Gasteiger partial charge in [0.25, 0.3) is 5.91 Å². The molecule has 0 unspecified atom stereocenters. The van der Waals surface area contributed by atoms with Crippen molar-refractivity contribution in [2.45, 2.75) is 51.5 Å². The summed E-state index contributed by atoms with van der Waals surface area (Å²) in [6.45, 7) is 1.87. The molecule has 1 fully saturated rings. The molecule has 8 heteroatoms. The van der Waals surface area contributed by atoms with Gasteiger partial charge >= 0.3 is 5.97 Å². The fraction of sp³-hybridized carbons (Fsp3) is 0.667. The van der Waals surface area contributed by atoms with Crippen LogP contribution in [0.2, 0.25) is 0 Å². The monoisotopic (exact) mass is 399 g/mol. The molecule has 1 atom stereocenters. The number of rotatable bonds is 5. The molecule has 2 heterocycles. The number of nitrogens with zero attached hydrogens (tertiary/aromatic N) is 1. The Morgan fingerprint density at radius 2 is 2.04 bits per heavy atom. The Bertz CT molecular complexity index is 760. The predicted octanol–water partition coefficient (Wildman–Crippen LogP) is 2.21. The third-order valence-corrected chi connectivity index (χ3v) is 8.05. The Hall–Kier alpha value is -1.41. The van der Waals surface area contributed by atoms with Gasteiger partial charge in [0.05, 0.1) is 11.5 Å². The molecule has 0 spiro atoms. The van der Waals surface area contributed by atoms with Gasteiger partial charge < -0.3 is 9.64 Å². The second kappa shape index (κ2) is 8.08. The molecular formula is C18H25NO5S2. The van der Waals surface area contributed by atoms with Gasteiger partial charge in [0, 0.05) is 17.5 Å². The van der Waals surface area contributed by atoms with Crippen molar-refractivity contribution in [1.29, 1.82) is 0 Å². The Morgan fingerprint density at radius 3 is 2.73 bits per heavy atom. The summed E-state index contributed by atoms with van der Waals surface area (Å²) in [6.07, 6.45) is 5.97. The molecule has 0 saturated carbocycles. The molecule has 0 radical (unpaired) electrons. The number of ether oxygens (including phenoxy) is 1. The summed E-state index contributed by atoms with van der Waals surface area (Å²) in [5.41, 5.74) is 1.23. The number of hydrogen-bond acceptors (Lipinski definition) is 6. The normalized spacial score (nSPS) is 21.7. The standard InChI is InChI=1S/C18H25NO5S2/c1-2-19(14-8-9-26(22,23)12-14)17(20)11-24-18(21)16-10-13-6-4-3-5-7-15(13)25-16/h10,14H,2-9,11-12H2,1H3/t14-/m1/s1. The number of carbonyl (C=O) groups excluding carboxylic acids is 2. The number of aryl methyl sites for hydroxylation is 2. The minimum absolute atomic E-state index is 0.00181. The molecule has 1 aromatic heterocycles. The molecule has 6 nitrogen and oxygen atoms in total. The molecule has 144 valence electrons. The van der Waals surface area contributed by atoms with E-state index in [9.17, 15) is 18.0 Å². The fourth-order valence-electron chi connectivity index (χ4n) is 3.71. The van der Waals surface area contributed by atoms with E-state index in [-0.39, 0.29) is 30.1 Å². The zero-order valence-corrected chi connectivity index (χ0v) is 16.7. The number of thiophene rings is 1. The summed E-state index contributed by atoms with van der Waals surface area (Å²) in [6, 6.07) is 1.59. The lowest BCUT2D eigenvalue weighted by Gasteiger charge is -2.26. The maximum Gasteiger partial charge on any atom is 0.348 e. The van der Waals surface area contributed by atoms with E-state index < -0.39 is 15.8 Å². The molecule has 1 aliphatic carbocycles. The van der Waals surface area contributed by atoms with E-state index in [1.54, 1.807) is 6.92 Å². The van der Waals surface area contributed by atoms with E-state index in [4.69, 9.17) is 4.74 Å². The van der Waals surface area contributed by atoms with Crippen molar-refractivity contribution in [3.05, 3.63) is 21.4 Å². The molecule has 3 rings (SSSR count). The first-order chi connectivity index (χ1) is 12.4. The van der Waals surface area contributed by atoms with Crippen LogP contribution in [-0.4, -0.2) is 55.9 Å². The lowest BCUT2D eigenvalue weighted by molar-refractivity contribution is -0.136. The Kier molecular flexibility index (Phi) is 6.02. The van der Waals surface area contributed by atoms with Crippen molar-refractivity contribution >= 4 is 33.1 Å². The first kappa shape index (κ1) is 19.4. The number of fused-ring (bicyclic) bond motifs is 1. The fourth-order valence-corrected chi connectivity index (χ4v) is 6.59. The summed E-state index contributed by atoms with van der Waals surface area (Å²) >= 11 is 1.47. The van der Waals surface area contributed by atoms with Gasteiger partial charge in [0.2, 0.25) is 0 Å². The van der Waals surface area contributed by atoms with Crippen LogP contribution in [0.15, 0.2) is 6.07 Å². The van der Waals surface area contributed by atoms with Crippen LogP contribution in [0.1, 0.15) is 52.7 Å². The molecular weight excluding hydrogens is 374 g/mol. The predicted molar refractivity (Wildman–Crippen MR) is 100 cm³/mol. The maximum absolute atomic E-state index is 12.4. The third-order valence-electron chi connectivity index (χ3n) is 5.08. The van der Waals surface area contributed by atoms with Crippen LogP contribution in [0.3, 0.4) is 0 Å². The van der Waals surface area contributed by atoms with Gasteiger partial charge in [0.1, 0.15) is 4.88 Å². The molecule has 26 heavy (non-hydrogen) atoms. The van der Waals surface area contributed by atoms with Gasteiger partial charge in [-0.2, -0.15) is 0 Å². The van der Waals surface area contributed by atoms with Crippen molar-refractivity contribution in [2.75, 3.05) is 24.7 Å². The van der Waals surface area contributed by atoms with Crippen LogP contribution in [0.25, 0.3) is 0 Å². The van der Waals surface area contributed by atoms with Crippen molar-refractivity contribution < 1.29 is 22.7 Å². The topological polar surface area (TPSA) is 80.8 Å². The maximum atomic E-state index is 12.4. The number of sulfone groups is 1. The second-order valence-electron chi connectivity index (χ2n) is 6.93. The summed E-state index contributed by atoms with van der Waals surface area (Å²) in [4.78, 5) is 28.0. The lowest BCUT2D eigenvalue weighted by atomic mass is 10.1. The third kappa shape index (κ3) is 4.46. The number of esters is 1. The van der Waals surface area contributed by atoms with Crippen molar-refractivity contribution in [3.8, 4) is 0 Å². The SMILES string of the molecule is CCN(C(=O)COC(=O)c1cc2c(s1)CCCCC2)[C@@H]1CCS(=O)(=O)C1. The molecule has 1 aromatic rings. The molecule has 1 amide bonds. The van der Waals surface area contributed by atoms with E-state index in [1.165, 1.54) is 33.1 Å². The molecule has 1 aliphatic heterocycles. The second-order valence-corrected chi connectivity index (χ2v) is 10.3. The van der Waals surface area contributed by atoms with E-state index in [0.29, 0.717) is 17.8 Å². The van der Waals surface area contributed by atoms with Crippen molar-refractivity contribution in [2.24, 2.45) is 0 Å². The number of hydrogen-bond donors (Lipinski definition) is 0. The van der Waals surface area contributed by atoms with Gasteiger partial charge in [-0.05, 0) is 50.7 Å². The van der Waals surface area contributed by atoms with Crippen molar-refractivity contribution in [1.82, 2.24) is 4.90 Å². The van der Waals surface area contributed by atoms with Crippen LogP contribution in [-0.2, 0) is 32.2 Å². The van der Waals surface area contributed by atoms with Crippen LogP contribution in [0.5, 0.6) is 0 Å². The highest BCUT2D eigenvalue weighted by atomic mass is 32.2. The Balaban J connectivity index is 1.57. The number of amides is 1. The highest BCUT2D eigenvalue weighted by Gasteiger charge is 2.34. The average molecular weight is 400 g/mol. The van der Waals surface area contributed by atoms with Crippen molar-refractivity contribution in [3.63, 3.8) is 0 Å². The summed E-state index contributed by atoms with van der Waals surface area (Å²) in [5, 5.41) is 0. The van der Waals surface area contributed by atoms with E-state index >= 15 is 0 Å². The Morgan fingerprint density at radius 1 is 1.27 bits per heavy atom. The number of likely N-dealkylation sites (N-methyl/N-ethyl adjacent to an activating group) is 1. The first-order valence-corrected chi connectivity index (χ1v) is 11.8. The number of carbonyl (C=O) groups is 2. The molecule has 0 bridgehead atoms. The van der Waals surface area contributed by atoms with Gasteiger partial charge in [-0.1, -0.05) is 6.42 Å². The molecule has 1 saturated heterocycles. The zero-order chi connectivity index (χ0) is 18.7. The highest BCUT2D eigenvalue weighted by molar-refractivity contribution is 7.91. The quantitative estimate of drug-likeness (QED) is 0.560. The molecule has 0 N–H and O–H groups in total. The minimum Gasteiger partial charge on any atom is -0.451 e. The molecule has 0 aromatic carbocycles. The van der Waals surface area contributed by atoms with Crippen LogP contribution in [0.4, 0.5) is 0 Å². The minimum atomic E-state index is -3.06. The van der Waals surface area contributed by atoms with Crippen LogP contribution >= 0.6 is 11.3 Å². The Labute approximate surface area is 158 Å². The van der Waals surface area contributed by atoms with Crippen LogP contribution < -0.4 is 0 Å². The van der Waals surface area contributed by atoms with E-state index in [2.05, 4.69) is 0 Å².